The van der Waals surface area contributed by atoms with E-state index in [0.29, 0.717) is 47.8 Å². The number of nitrogen functional groups attached to an aromatic ring is 1. The number of pyridine rings is 1. The van der Waals surface area contributed by atoms with Gasteiger partial charge in [0.1, 0.15) is 28.4 Å². The first-order chi connectivity index (χ1) is 21.1. The van der Waals surface area contributed by atoms with Crippen molar-refractivity contribution >= 4 is 55.0 Å². The molecular formula is C30H31F2N9O2S. The maximum atomic E-state index is 17.2. The van der Waals surface area contributed by atoms with Gasteiger partial charge >= 0.3 is 0 Å². The molecule has 1 aromatic carbocycles. The highest BCUT2D eigenvalue weighted by molar-refractivity contribution is 7.23. The standard InChI is InChI=1S/C30H31F2N9O2S/c1-13-19(39(2)3)6-8-41(13)30-37-25-22(28(38-30)36-18-5-7-40(4)29(18)42)16-12-43-11-15(16)20(23(25)32)24-21-14(9-33)27(34)44-26(21)17(31)10-35-24/h10,13,18-19H,5-8,11-12,34H2,1-4H3,(H,36,37,38)/t13-,18+,19-/m0/s1. The average Bonchev–Trinajstić information content (AvgIpc) is 3.77. The molecular weight excluding hydrogens is 588 g/mol. The minimum atomic E-state index is -0.684. The number of likely N-dealkylation sites (N-methyl/N-ethyl adjacent to an activating group) is 2. The van der Waals surface area contributed by atoms with E-state index in [1.54, 1.807) is 11.9 Å². The first kappa shape index (κ1) is 28.6. The molecule has 3 aliphatic rings. The summed E-state index contributed by atoms with van der Waals surface area (Å²) in [4.78, 5) is 32.9. The second kappa shape index (κ2) is 10.5. The summed E-state index contributed by atoms with van der Waals surface area (Å²) >= 11 is 0.928. The molecule has 1 amide bonds. The third kappa shape index (κ3) is 4.17. The highest BCUT2D eigenvalue weighted by atomic mass is 32.1. The van der Waals surface area contributed by atoms with Gasteiger partial charge in [0.05, 0.1) is 40.8 Å². The molecule has 0 spiro atoms. The number of carbonyl (C=O) groups excluding carboxylic acids is 1. The van der Waals surface area contributed by atoms with Crippen LogP contribution in [0.2, 0.25) is 0 Å². The van der Waals surface area contributed by atoms with E-state index in [1.165, 1.54) is 0 Å². The molecule has 228 valence electrons. The molecule has 4 aromatic rings. The van der Waals surface area contributed by atoms with Gasteiger partial charge in [0, 0.05) is 43.2 Å². The van der Waals surface area contributed by atoms with Crippen molar-refractivity contribution < 1.29 is 18.3 Å². The van der Waals surface area contributed by atoms with Gasteiger partial charge < -0.3 is 30.5 Å². The normalized spacial score (nSPS) is 21.7. The molecule has 0 saturated carbocycles. The molecule has 0 aliphatic carbocycles. The van der Waals surface area contributed by atoms with Crippen molar-refractivity contribution in [1.29, 1.82) is 5.26 Å². The van der Waals surface area contributed by atoms with Crippen LogP contribution in [0.5, 0.6) is 0 Å². The number of rotatable bonds is 5. The maximum absolute atomic E-state index is 17.2. The molecule has 7 rings (SSSR count). The number of benzene rings is 1. The predicted molar refractivity (Wildman–Crippen MR) is 164 cm³/mol. The van der Waals surface area contributed by atoms with Crippen LogP contribution in [0.1, 0.15) is 36.5 Å². The first-order valence-corrected chi connectivity index (χ1v) is 15.3. The summed E-state index contributed by atoms with van der Waals surface area (Å²) in [6.45, 7) is 3.58. The molecule has 44 heavy (non-hydrogen) atoms. The number of nitrogens with two attached hydrogens (primary N) is 1. The largest absolute Gasteiger partial charge is 0.389 e. The van der Waals surface area contributed by atoms with Crippen LogP contribution in [0, 0.1) is 23.0 Å². The number of thiophene rings is 1. The lowest BCUT2D eigenvalue weighted by atomic mass is 9.93. The van der Waals surface area contributed by atoms with Crippen LogP contribution >= 0.6 is 11.3 Å². The number of aromatic nitrogens is 3. The van der Waals surface area contributed by atoms with Crippen molar-refractivity contribution in [2.45, 2.75) is 51.1 Å². The molecule has 11 nitrogen and oxygen atoms in total. The topological polar surface area (TPSA) is 137 Å². The van der Waals surface area contributed by atoms with Gasteiger partial charge in [-0.25, -0.2) is 13.8 Å². The van der Waals surface area contributed by atoms with Crippen LogP contribution in [-0.2, 0) is 22.7 Å². The molecule has 0 unspecified atom stereocenters. The van der Waals surface area contributed by atoms with Crippen molar-refractivity contribution in [3.05, 3.63) is 34.5 Å². The van der Waals surface area contributed by atoms with Gasteiger partial charge in [-0.2, -0.15) is 10.2 Å². The number of carbonyl (C=O) groups is 1. The molecule has 3 aliphatic heterocycles. The lowest BCUT2D eigenvalue weighted by molar-refractivity contribution is -0.127. The Labute approximate surface area is 256 Å². The Balaban J connectivity index is 1.51. The fourth-order valence-electron chi connectivity index (χ4n) is 6.90. The SMILES string of the molecule is C[C@H]1[C@@H](N(C)C)CCN1c1nc(N[C@@H]2CCN(C)C2=O)c2c3c(c(-c4ncc(F)c5sc(N)c(C#N)c45)c(F)c2n1)COC3. The molecule has 14 heteroatoms. The summed E-state index contributed by atoms with van der Waals surface area (Å²) in [7, 11) is 5.81. The first-order valence-electron chi connectivity index (χ1n) is 14.4. The quantitative estimate of drug-likeness (QED) is 0.339. The van der Waals surface area contributed by atoms with Crippen LogP contribution in [0.4, 0.5) is 25.5 Å². The summed E-state index contributed by atoms with van der Waals surface area (Å²) < 4.78 is 38.0. The lowest BCUT2D eigenvalue weighted by Crippen LogP contribution is -2.40. The number of likely N-dealkylation sites (tertiary alicyclic amines) is 1. The molecule has 3 atom stereocenters. The van der Waals surface area contributed by atoms with E-state index >= 15 is 4.39 Å². The maximum Gasteiger partial charge on any atom is 0.244 e. The minimum Gasteiger partial charge on any atom is -0.389 e. The Morgan fingerprint density at radius 3 is 2.64 bits per heavy atom. The number of hydrogen-bond acceptors (Lipinski definition) is 11. The highest BCUT2D eigenvalue weighted by Crippen LogP contribution is 2.46. The average molecular weight is 620 g/mol. The van der Waals surface area contributed by atoms with Crippen molar-refractivity contribution in [3.8, 4) is 17.3 Å². The van der Waals surface area contributed by atoms with E-state index in [4.69, 9.17) is 20.4 Å². The lowest BCUT2D eigenvalue weighted by Gasteiger charge is -2.29. The zero-order valence-electron chi connectivity index (χ0n) is 24.7. The fraction of sp³-hybridized carbons (Fsp3) is 0.433. The van der Waals surface area contributed by atoms with Gasteiger partial charge in [0.15, 0.2) is 11.6 Å². The number of nitriles is 1. The summed E-state index contributed by atoms with van der Waals surface area (Å²) in [5.41, 5.74) is 7.55. The van der Waals surface area contributed by atoms with E-state index in [0.717, 1.165) is 24.0 Å². The Hall–Kier alpha value is -4.19. The predicted octanol–water partition coefficient (Wildman–Crippen LogP) is 3.84. The Kier molecular flexibility index (Phi) is 6.80. The highest BCUT2D eigenvalue weighted by Gasteiger charge is 2.37. The van der Waals surface area contributed by atoms with E-state index < -0.39 is 17.7 Å². The van der Waals surface area contributed by atoms with Gasteiger partial charge in [-0.3, -0.25) is 9.78 Å². The number of hydrogen-bond donors (Lipinski definition) is 2. The summed E-state index contributed by atoms with van der Waals surface area (Å²) in [5, 5.41) is 14.0. The number of nitrogens with zero attached hydrogens (tertiary/aromatic N) is 7. The number of ether oxygens (including phenoxy) is 1. The van der Waals surface area contributed by atoms with Crippen LogP contribution in [0.3, 0.4) is 0 Å². The molecule has 6 heterocycles. The molecule has 0 bridgehead atoms. The summed E-state index contributed by atoms with van der Waals surface area (Å²) in [6, 6.07) is 1.81. The molecule has 3 aromatic heterocycles. The molecule has 0 radical (unpaired) electrons. The van der Waals surface area contributed by atoms with Crippen molar-refractivity contribution in [3.63, 3.8) is 0 Å². The second-order valence-corrected chi connectivity index (χ2v) is 12.9. The smallest absolute Gasteiger partial charge is 0.244 e. The van der Waals surface area contributed by atoms with Crippen LogP contribution in [0.25, 0.3) is 32.2 Å². The van der Waals surface area contributed by atoms with Crippen molar-refractivity contribution in [2.24, 2.45) is 0 Å². The summed E-state index contributed by atoms with van der Waals surface area (Å²) in [5.74, 6) is -0.690. The zero-order valence-corrected chi connectivity index (χ0v) is 25.6. The number of halogens is 2. The third-order valence-corrected chi connectivity index (χ3v) is 10.2. The third-order valence-electron chi connectivity index (χ3n) is 9.20. The van der Waals surface area contributed by atoms with Gasteiger partial charge in [-0.1, -0.05) is 0 Å². The number of fused-ring (bicyclic) bond motifs is 4. The minimum absolute atomic E-state index is 0.0389. The van der Waals surface area contributed by atoms with E-state index in [9.17, 15) is 14.4 Å². The molecule has 2 fully saturated rings. The van der Waals surface area contributed by atoms with Crippen LogP contribution in [-0.4, -0.2) is 83.0 Å². The zero-order chi connectivity index (χ0) is 31.0. The van der Waals surface area contributed by atoms with E-state index in [2.05, 4.69) is 27.0 Å². The van der Waals surface area contributed by atoms with Crippen molar-refractivity contribution in [1.82, 2.24) is 24.8 Å². The Morgan fingerprint density at radius 1 is 1.18 bits per heavy atom. The molecule has 3 N–H and O–H groups in total. The van der Waals surface area contributed by atoms with Gasteiger partial charge in [0.2, 0.25) is 11.9 Å². The molecule has 2 saturated heterocycles. The monoisotopic (exact) mass is 619 g/mol. The van der Waals surface area contributed by atoms with E-state index in [1.807, 2.05) is 20.2 Å². The van der Waals surface area contributed by atoms with E-state index in [-0.39, 0.29) is 68.6 Å². The van der Waals surface area contributed by atoms with Crippen molar-refractivity contribution in [2.75, 3.05) is 50.2 Å². The van der Waals surface area contributed by atoms with Gasteiger partial charge in [-0.15, -0.1) is 11.3 Å². The number of nitrogens with one attached hydrogen (secondary N) is 1. The van der Waals surface area contributed by atoms with Gasteiger partial charge in [-0.05, 0) is 45.0 Å². The van der Waals surface area contributed by atoms with Crippen LogP contribution in [0.15, 0.2) is 6.20 Å². The van der Waals surface area contributed by atoms with Crippen LogP contribution < -0.4 is 16.0 Å². The van der Waals surface area contributed by atoms with Gasteiger partial charge in [0.25, 0.3) is 0 Å². The summed E-state index contributed by atoms with van der Waals surface area (Å²) in [6.07, 6.45) is 2.48. The second-order valence-electron chi connectivity index (χ2n) is 11.8. The fourth-order valence-corrected chi connectivity index (χ4v) is 7.83. The number of amides is 1. The number of anilines is 3. The Bertz CT molecular complexity index is 1910. The Morgan fingerprint density at radius 2 is 1.95 bits per heavy atom.